The van der Waals surface area contributed by atoms with E-state index in [0.717, 1.165) is 48.8 Å². The van der Waals surface area contributed by atoms with Crippen LogP contribution in [0.25, 0.3) is 5.69 Å². The molecule has 0 bridgehead atoms. The minimum Gasteiger partial charge on any atom is -0.349 e. The number of nitrogens with zero attached hydrogens (tertiary/aromatic N) is 3. The van der Waals surface area contributed by atoms with E-state index < -0.39 is 0 Å². The number of hydrogen-bond acceptors (Lipinski definition) is 3. The Morgan fingerprint density at radius 1 is 1.15 bits per heavy atom. The van der Waals surface area contributed by atoms with Crippen LogP contribution >= 0.6 is 0 Å². The zero-order valence-electron chi connectivity index (χ0n) is 15.7. The molecule has 2 aliphatic rings. The predicted octanol–water partition coefficient (Wildman–Crippen LogP) is 3.09. The van der Waals surface area contributed by atoms with Crippen LogP contribution in [-0.4, -0.2) is 46.3 Å². The number of amides is 1. The summed E-state index contributed by atoms with van der Waals surface area (Å²) in [4.78, 5) is 15.3. The molecule has 138 valence electrons. The second-order valence-electron chi connectivity index (χ2n) is 7.83. The Balaban J connectivity index is 1.39. The quantitative estimate of drug-likeness (QED) is 0.900. The summed E-state index contributed by atoms with van der Waals surface area (Å²) in [5.74, 6) is 0.944. The van der Waals surface area contributed by atoms with Crippen LogP contribution in [0, 0.1) is 19.8 Å². The zero-order chi connectivity index (χ0) is 18.1. The summed E-state index contributed by atoms with van der Waals surface area (Å²) in [6, 6.07) is 8.39. The molecule has 0 spiro atoms. The molecule has 0 atom stereocenters. The van der Waals surface area contributed by atoms with Gasteiger partial charge in [0.2, 0.25) is 0 Å². The first-order chi connectivity index (χ1) is 12.6. The van der Waals surface area contributed by atoms with Gasteiger partial charge in [0.25, 0.3) is 5.91 Å². The van der Waals surface area contributed by atoms with E-state index in [1.807, 2.05) is 29.8 Å². The fraction of sp³-hybridized carbons (Fsp3) is 0.524. The van der Waals surface area contributed by atoms with Gasteiger partial charge in [-0.1, -0.05) is 18.2 Å². The number of benzene rings is 1. The van der Waals surface area contributed by atoms with E-state index in [0.29, 0.717) is 5.56 Å². The van der Waals surface area contributed by atoms with Gasteiger partial charge in [-0.2, -0.15) is 5.10 Å². The van der Waals surface area contributed by atoms with Crippen molar-refractivity contribution >= 4 is 5.91 Å². The largest absolute Gasteiger partial charge is 0.349 e. The molecule has 1 aliphatic carbocycles. The molecule has 1 N–H and O–H groups in total. The minimum absolute atomic E-state index is 0.00276. The Morgan fingerprint density at radius 2 is 1.88 bits per heavy atom. The molecular formula is C21H28N4O. The second kappa shape index (κ2) is 7.23. The number of likely N-dealkylation sites (tertiary alicyclic amines) is 1. The first-order valence-corrected chi connectivity index (χ1v) is 9.75. The number of aromatic nitrogens is 2. The van der Waals surface area contributed by atoms with E-state index in [-0.39, 0.29) is 11.9 Å². The average Bonchev–Trinajstić information content (AvgIpc) is 3.37. The van der Waals surface area contributed by atoms with Crippen molar-refractivity contribution < 1.29 is 4.79 Å². The Kier molecular flexibility index (Phi) is 4.81. The topological polar surface area (TPSA) is 50.2 Å². The lowest BCUT2D eigenvalue weighted by molar-refractivity contribution is 0.0909. The fourth-order valence-corrected chi connectivity index (χ4v) is 3.87. The van der Waals surface area contributed by atoms with Gasteiger partial charge >= 0.3 is 0 Å². The van der Waals surface area contributed by atoms with Gasteiger partial charge in [0, 0.05) is 25.7 Å². The Labute approximate surface area is 155 Å². The number of piperidine rings is 1. The number of nitrogens with one attached hydrogen (secondary N) is 1. The van der Waals surface area contributed by atoms with Crippen molar-refractivity contribution in [3.63, 3.8) is 0 Å². The summed E-state index contributed by atoms with van der Waals surface area (Å²) in [5.41, 5.74) is 3.74. The predicted molar refractivity (Wildman–Crippen MR) is 103 cm³/mol. The molecule has 1 saturated carbocycles. The summed E-state index contributed by atoms with van der Waals surface area (Å²) >= 11 is 0. The highest BCUT2D eigenvalue weighted by Crippen LogP contribution is 2.30. The highest BCUT2D eigenvalue weighted by molar-refractivity contribution is 5.95. The lowest BCUT2D eigenvalue weighted by atomic mass is 10.0. The molecule has 2 fully saturated rings. The summed E-state index contributed by atoms with van der Waals surface area (Å²) < 4.78 is 1.86. The number of hydrogen-bond donors (Lipinski definition) is 1. The van der Waals surface area contributed by atoms with E-state index in [2.05, 4.69) is 28.3 Å². The number of carbonyl (C=O) groups excluding carboxylic acids is 1. The number of rotatable bonds is 5. The molecule has 1 aliphatic heterocycles. The Bertz CT molecular complexity index is 785. The average molecular weight is 352 g/mol. The molecule has 5 nitrogen and oxygen atoms in total. The second-order valence-corrected chi connectivity index (χ2v) is 7.83. The van der Waals surface area contributed by atoms with Gasteiger partial charge in [0.05, 0.1) is 23.1 Å². The summed E-state index contributed by atoms with van der Waals surface area (Å²) in [5, 5.41) is 7.69. The molecular weight excluding hydrogens is 324 g/mol. The summed E-state index contributed by atoms with van der Waals surface area (Å²) in [6.45, 7) is 7.48. The molecule has 4 rings (SSSR count). The fourth-order valence-electron chi connectivity index (χ4n) is 3.87. The maximum atomic E-state index is 12.8. The standard InChI is InChI=1S/C21H28N4O/c1-15-5-3-4-6-20(15)25-16(2)19(13-22-25)21(26)23-18-9-11-24(12-10-18)14-17-7-8-17/h3-6,13,17-18H,7-12,14H2,1-2H3,(H,23,26). The van der Waals surface area contributed by atoms with Crippen molar-refractivity contribution in [2.75, 3.05) is 19.6 Å². The van der Waals surface area contributed by atoms with Crippen LogP contribution in [0.15, 0.2) is 30.5 Å². The Hall–Kier alpha value is -2.14. The molecule has 5 heteroatoms. The monoisotopic (exact) mass is 352 g/mol. The van der Waals surface area contributed by atoms with Crippen LogP contribution in [0.1, 0.15) is 47.3 Å². The highest BCUT2D eigenvalue weighted by atomic mass is 16.1. The van der Waals surface area contributed by atoms with Crippen LogP contribution in [0.3, 0.4) is 0 Å². The molecule has 2 heterocycles. The highest BCUT2D eigenvalue weighted by Gasteiger charge is 2.28. The molecule has 0 unspecified atom stereocenters. The van der Waals surface area contributed by atoms with E-state index >= 15 is 0 Å². The molecule has 1 amide bonds. The van der Waals surface area contributed by atoms with Crippen molar-refractivity contribution in [2.24, 2.45) is 5.92 Å². The van der Waals surface area contributed by atoms with Crippen LogP contribution in [0.4, 0.5) is 0 Å². The Morgan fingerprint density at radius 3 is 2.58 bits per heavy atom. The normalized spacial score (nSPS) is 18.8. The van der Waals surface area contributed by atoms with Crippen molar-refractivity contribution in [2.45, 2.75) is 45.6 Å². The van der Waals surface area contributed by atoms with Crippen molar-refractivity contribution in [1.29, 1.82) is 0 Å². The lowest BCUT2D eigenvalue weighted by Gasteiger charge is -2.32. The van der Waals surface area contributed by atoms with Gasteiger partial charge in [-0.15, -0.1) is 0 Å². The van der Waals surface area contributed by atoms with Crippen LogP contribution < -0.4 is 5.32 Å². The summed E-state index contributed by atoms with van der Waals surface area (Å²) in [6.07, 6.45) is 6.59. The SMILES string of the molecule is Cc1ccccc1-n1ncc(C(=O)NC2CCN(CC3CC3)CC2)c1C. The molecule has 1 saturated heterocycles. The number of para-hydroxylation sites is 1. The van der Waals surface area contributed by atoms with Crippen molar-refractivity contribution in [3.05, 3.63) is 47.3 Å². The van der Waals surface area contributed by atoms with Crippen molar-refractivity contribution in [1.82, 2.24) is 20.0 Å². The van der Waals surface area contributed by atoms with Crippen LogP contribution in [0.2, 0.25) is 0 Å². The van der Waals surface area contributed by atoms with Gasteiger partial charge in [-0.3, -0.25) is 4.79 Å². The minimum atomic E-state index is 0.00276. The maximum absolute atomic E-state index is 12.8. The zero-order valence-corrected chi connectivity index (χ0v) is 15.7. The van der Waals surface area contributed by atoms with Gasteiger partial charge in [-0.25, -0.2) is 4.68 Å². The molecule has 1 aromatic heterocycles. The van der Waals surface area contributed by atoms with E-state index in [9.17, 15) is 4.79 Å². The van der Waals surface area contributed by atoms with Crippen molar-refractivity contribution in [3.8, 4) is 5.69 Å². The van der Waals surface area contributed by atoms with E-state index in [1.165, 1.54) is 19.4 Å². The third-order valence-corrected chi connectivity index (χ3v) is 5.73. The molecule has 1 aromatic carbocycles. The molecule has 0 radical (unpaired) electrons. The van der Waals surface area contributed by atoms with Crippen LogP contribution in [-0.2, 0) is 0 Å². The third kappa shape index (κ3) is 3.68. The summed E-state index contributed by atoms with van der Waals surface area (Å²) in [7, 11) is 0. The van der Waals surface area contributed by atoms with Gasteiger partial charge in [-0.05, 0) is 57.1 Å². The molecule has 26 heavy (non-hydrogen) atoms. The molecule has 2 aromatic rings. The third-order valence-electron chi connectivity index (χ3n) is 5.73. The maximum Gasteiger partial charge on any atom is 0.254 e. The van der Waals surface area contributed by atoms with E-state index in [1.54, 1.807) is 6.20 Å². The lowest BCUT2D eigenvalue weighted by Crippen LogP contribution is -2.45. The van der Waals surface area contributed by atoms with Crippen LogP contribution in [0.5, 0.6) is 0 Å². The number of aryl methyl sites for hydroxylation is 1. The van der Waals surface area contributed by atoms with Gasteiger partial charge < -0.3 is 10.2 Å². The van der Waals surface area contributed by atoms with E-state index in [4.69, 9.17) is 0 Å². The first-order valence-electron chi connectivity index (χ1n) is 9.75. The van der Waals surface area contributed by atoms with Gasteiger partial charge in [0.1, 0.15) is 0 Å². The number of carbonyl (C=O) groups is 1. The first kappa shape index (κ1) is 17.3. The smallest absolute Gasteiger partial charge is 0.254 e. The van der Waals surface area contributed by atoms with Gasteiger partial charge in [0.15, 0.2) is 0 Å².